The van der Waals surface area contributed by atoms with Crippen molar-refractivity contribution < 1.29 is 18.7 Å². The minimum Gasteiger partial charge on any atom is -0.493 e. The van der Waals surface area contributed by atoms with Gasteiger partial charge in [0.15, 0.2) is 0 Å². The van der Waals surface area contributed by atoms with Gasteiger partial charge in [0, 0.05) is 19.5 Å². The van der Waals surface area contributed by atoms with Crippen molar-refractivity contribution >= 4 is 11.9 Å². The van der Waals surface area contributed by atoms with Gasteiger partial charge in [-0.15, -0.1) is 5.10 Å². The number of aromatic amines is 1. The molecule has 8 nitrogen and oxygen atoms in total. The molecule has 0 aliphatic carbocycles. The number of halogens is 1. The Balaban J connectivity index is 1.32. The SMILES string of the molecule is CCOc1cc(CN2CCC3(CC2)CC(=O)N(c2nc[nH]n2)C3)cc(OCC)c1-c1ccc(F)cc1. The van der Waals surface area contributed by atoms with Crippen LogP contribution in [-0.2, 0) is 11.3 Å². The molecule has 0 saturated carbocycles. The number of amides is 1. The van der Waals surface area contributed by atoms with Gasteiger partial charge in [-0.1, -0.05) is 12.1 Å². The molecule has 0 bridgehead atoms. The number of carbonyl (C=O) groups is 1. The Bertz CT molecular complexity index is 1160. The highest BCUT2D eigenvalue weighted by Gasteiger charge is 2.46. The Morgan fingerprint density at radius 2 is 1.72 bits per heavy atom. The zero-order valence-electron chi connectivity index (χ0n) is 20.8. The largest absolute Gasteiger partial charge is 0.493 e. The van der Waals surface area contributed by atoms with Crippen LogP contribution < -0.4 is 14.4 Å². The van der Waals surface area contributed by atoms with E-state index in [4.69, 9.17) is 9.47 Å². The first-order chi connectivity index (χ1) is 17.5. The number of rotatable bonds is 8. The van der Waals surface area contributed by atoms with Gasteiger partial charge in [-0.3, -0.25) is 19.7 Å². The molecule has 2 aliphatic heterocycles. The monoisotopic (exact) mass is 493 g/mol. The summed E-state index contributed by atoms with van der Waals surface area (Å²) in [5.74, 6) is 1.76. The lowest BCUT2D eigenvalue weighted by molar-refractivity contribution is -0.118. The molecule has 1 amide bonds. The summed E-state index contributed by atoms with van der Waals surface area (Å²) in [4.78, 5) is 20.9. The number of nitrogens with zero attached hydrogens (tertiary/aromatic N) is 4. The van der Waals surface area contributed by atoms with E-state index in [1.54, 1.807) is 17.0 Å². The van der Waals surface area contributed by atoms with Gasteiger partial charge < -0.3 is 9.47 Å². The van der Waals surface area contributed by atoms with E-state index in [2.05, 4.69) is 32.2 Å². The lowest BCUT2D eigenvalue weighted by Gasteiger charge is -2.38. The summed E-state index contributed by atoms with van der Waals surface area (Å²) in [6.45, 7) is 8.19. The van der Waals surface area contributed by atoms with Crippen molar-refractivity contribution in [3.05, 3.63) is 54.1 Å². The number of nitrogens with one attached hydrogen (secondary N) is 1. The van der Waals surface area contributed by atoms with Crippen molar-refractivity contribution in [2.24, 2.45) is 5.41 Å². The molecule has 0 unspecified atom stereocenters. The molecule has 1 spiro atoms. The van der Waals surface area contributed by atoms with Gasteiger partial charge >= 0.3 is 0 Å². The minimum absolute atomic E-state index is 0.0202. The normalized spacial score (nSPS) is 17.6. The fourth-order valence-corrected chi connectivity index (χ4v) is 5.36. The van der Waals surface area contributed by atoms with Gasteiger partial charge in [0.1, 0.15) is 23.6 Å². The molecule has 2 saturated heterocycles. The number of benzene rings is 2. The fourth-order valence-electron chi connectivity index (χ4n) is 5.36. The van der Waals surface area contributed by atoms with Crippen LogP contribution in [0.1, 0.15) is 38.7 Å². The van der Waals surface area contributed by atoms with Crippen LogP contribution in [0.3, 0.4) is 0 Å². The van der Waals surface area contributed by atoms with Gasteiger partial charge in [-0.25, -0.2) is 9.37 Å². The molecule has 190 valence electrons. The topological polar surface area (TPSA) is 83.6 Å². The van der Waals surface area contributed by atoms with Gasteiger partial charge in [0.25, 0.3) is 5.95 Å². The summed E-state index contributed by atoms with van der Waals surface area (Å²) in [6.07, 6.45) is 3.95. The van der Waals surface area contributed by atoms with Gasteiger partial charge in [0.05, 0.1) is 18.8 Å². The maximum Gasteiger partial charge on any atom is 0.251 e. The first-order valence-corrected chi connectivity index (χ1v) is 12.6. The van der Waals surface area contributed by atoms with E-state index in [1.165, 1.54) is 18.5 Å². The highest BCUT2D eigenvalue weighted by atomic mass is 19.1. The molecule has 3 heterocycles. The number of anilines is 1. The van der Waals surface area contributed by atoms with E-state index in [1.807, 2.05) is 13.8 Å². The Labute approximate surface area is 210 Å². The Morgan fingerprint density at radius 3 is 2.31 bits per heavy atom. The number of hydrogen-bond donors (Lipinski definition) is 1. The second kappa shape index (κ2) is 10.3. The van der Waals surface area contributed by atoms with Crippen LogP contribution in [0.2, 0.25) is 0 Å². The smallest absolute Gasteiger partial charge is 0.251 e. The predicted molar refractivity (Wildman–Crippen MR) is 134 cm³/mol. The summed E-state index contributed by atoms with van der Waals surface area (Å²) in [7, 11) is 0. The third-order valence-electron chi connectivity index (χ3n) is 7.15. The van der Waals surface area contributed by atoms with Crippen LogP contribution in [0.4, 0.5) is 10.3 Å². The number of aromatic nitrogens is 3. The van der Waals surface area contributed by atoms with Crippen molar-refractivity contribution in [3.8, 4) is 22.6 Å². The number of carbonyl (C=O) groups excluding carboxylic acids is 1. The molecule has 2 aliphatic rings. The van der Waals surface area contributed by atoms with Crippen molar-refractivity contribution in [1.82, 2.24) is 20.1 Å². The first-order valence-electron chi connectivity index (χ1n) is 12.6. The molecule has 9 heteroatoms. The summed E-state index contributed by atoms with van der Waals surface area (Å²) in [5, 5.41) is 6.79. The van der Waals surface area contributed by atoms with Gasteiger partial charge in [-0.2, -0.15) is 0 Å². The molecule has 5 rings (SSSR count). The van der Waals surface area contributed by atoms with Crippen molar-refractivity contribution in [2.45, 2.75) is 39.7 Å². The second-order valence-electron chi connectivity index (χ2n) is 9.57. The zero-order valence-corrected chi connectivity index (χ0v) is 20.8. The summed E-state index contributed by atoms with van der Waals surface area (Å²) in [5.41, 5.74) is 2.79. The summed E-state index contributed by atoms with van der Waals surface area (Å²) < 4.78 is 25.6. The van der Waals surface area contributed by atoms with Gasteiger partial charge in [0.2, 0.25) is 5.91 Å². The van der Waals surface area contributed by atoms with E-state index in [-0.39, 0.29) is 17.1 Å². The van der Waals surface area contributed by atoms with Crippen molar-refractivity contribution in [1.29, 1.82) is 0 Å². The maximum absolute atomic E-state index is 13.6. The minimum atomic E-state index is -0.276. The molecule has 2 fully saturated rings. The summed E-state index contributed by atoms with van der Waals surface area (Å²) >= 11 is 0. The molecule has 1 N–H and O–H groups in total. The molecule has 36 heavy (non-hydrogen) atoms. The Kier molecular flexibility index (Phi) is 6.91. The van der Waals surface area contributed by atoms with E-state index in [0.717, 1.165) is 60.7 Å². The van der Waals surface area contributed by atoms with E-state index in [9.17, 15) is 9.18 Å². The quantitative estimate of drug-likeness (QED) is 0.500. The Morgan fingerprint density at radius 1 is 1.06 bits per heavy atom. The molecular formula is C27H32FN5O3. The lowest BCUT2D eigenvalue weighted by Crippen LogP contribution is -2.41. The van der Waals surface area contributed by atoms with E-state index < -0.39 is 0 Å². The Hall–Kier alpha value is -3.46. The molecule has 0 atom stereocenters. The highest BCUT2D eigenvalue weighted by Crippen LogP contribution is 2.43. The molecule has 1 aromatic heterocycles. The van der Waals surface area contributed by atoms with Crippen LogP contribution >= 0.6 is 0 Å². The lowest BCUT2D eigenvalue weighted by atomic mass is 9.77. The molecule has 3 aromatic rings. The van der Waals surface area contributed by atoms with Crippen LogP contribution in [0.15, 0.2) is 42.7 Å². The number of hydrogen-bond acceptors (Lipinski definition) is 6. The van der Waals surface area contributed by atoms with Crippen LogP contribution in [0.25, 0.3) is 11.1 Å². The van der Waals surface area contributed by atoms with E-state index >= 15 is 0 Å². The second-order valence-corrected chi connectivity index (χ2v) is 9.57. The third kappa shape index (κ3) is 4.93. The van der Waals surface area contributed by atoms with Gasteiger partial charge in [-0.05, 0) is 80.6 Å². The molecule has 2 aromatic carbocycles. The molecular weight excluding hydrogens is 461 g/mol. The highest BCUT2D eigenvalue weighted by molar-refractivity contribution is 5.94. The van der Waals surface area contributed by atoms with Crippen molar-refractivity contribution in [3.63, 3.8) is 0 Å². The van der Waals surface area contributed by atoms with Crippen LogP contribution in [0.5, 0.6) is 11.5 Å². The van der Waals surface area contributed by atoms with Crippen molar-refractivity contribution in [2.75, 3.05) is 37.7 Å². The standard InChI is InChI=1S/C27H32FN5O3/c1-3-35-22-13-19(14-23(36-4-2)25(22)20-5-7-21(28)8-6-20)16-32-11-9-27(10-12-32)15-24(34)33(17-27)26-29-18-30-31-26/h5-8,13-14,18H,3-4,9-12,15-17H2,1-2H3,(H,29,30,31). The number of likely N-dealkylation sites (tertiary alicyclic amines) is 1. The fraction of sp³-hybridized carbons (Fsp3) is 0.444. The predicted octanol–water partition coefficient (Wildman–Crippen LogP) is 4.43. The molecule has 0 radical (unpaired) electrons. The average molecular weight is 494 g/mol. The first kappa shape index (κ1) is 24.2. The summed E-state index contributed by atoms with van der Waals surface area (Å²) in [6, 6.07) is 10.6. The number of piperidine rings is 1. The third-order valence-corrected chi connectivity index (χ3v) is 7.15. The van der Waals surface area contributed by atoms with Crippen LogP contribution in [-0.4, -0.2) is 58.8 Å². The number of H-pyrrole nitrogens is 1. The van der Waals surface area contributed by atoms with E-state index in [0.29, 0.717) is 32.1 Å². The number of ether oxygens (including phenoxy) is 2. The zero-order chi connectivity index (χ0) is 25.1. The van der Waals surface area contributed by atoms with Crippen LogP contribution in [0, 0.1) is 11.2 Å². The maximum atomic E-state index is 13.6. The average Bonchev–Trinajstić information content (AvgIpc) is 3.50.